The van der Waals surface area contributed by atoms with E-state index >= 15 is 0 Å². The Morgan fingerprint density at radius 2 is 1.84 bits per heavy atom. The molecule has 0 saturated heterocycles. The Balaban J connectivity index is 2.57. The Bertz CT molecular complexity index is 446. The van der Waals surface area contributed by atoms with Crippen molar-refractivity contribution in [3.63, 3.8) is 0 Å². The summed E-state index contributed by atoms with van der Waals surface area (Å²) in [7, 11) is 0. The molecule has 1 unspecified atom stereocenters. The maximum atomic E-state index is 11.6. The zero-order valence-corrected chi connectivity index (χ0v) is 10.1. The number of nitrogens with two attached hydrogens (primary N) is 1. The average Bonchev–Trinajstić information content (AvgIpc) is 2.37. The van der Waals surface area contributed by atoms with Crippen LogP contribution >= 0.6 is 0 Å². The van der Waals surface area contributed by atoms with Crippen LogP contribution in [-0.4, -0.2) is 45.9 Å². The molecule has 104 valence electrons. The van der Waals surface area contributed by atoms with E-state index in [0.29, 0.717) is 0 Å². The maximum Gasteiger partial charge on any atom is 0.328 e. The fourth-order valence-electron chi connectivity index (χ4n) is 1.44. The molecular formula is C12H16N2O5. The third kappa shape index (κ3) is 4.57. The van der Waals surface area contributed by atoms with Gasteiger partial charge in [0.05, 0.1) is 12.6 Å². The molecule has 1 aromatic rings. The highest BCUT2D eigenvalue weighted by Crippen LogP contribution is 2.10. The van der Waals surface area contributed by atoms with E-state index < -0.39 is 30.6 Å². The van der Waals surface area contributed by atoms with Crippen LogP contribution in [0.25, 0.3) is 0 Å². The summed E-state index contributed by atoms with van der Waals surface area (Å²) in [5, 5.41) is 28.7. The highest BCUT2D eigenvalue weighted by atomic mass is 16.4. The van der Waals surface area contributed by atoms with Gasteiger partial charge in [0.2, 0.25) is 5.91 Å². The predicted molar refractivity (Wildman–Crippen MR) is 66.4 cm³/mol. The molecule has 0 aliphatic carbocycles. The average molecular weight is 268 g/mol. The van der Waals surface area contributed by atoms with Gasteiger partial charge in [-0.3, -0.25) is 4.79 Å². The quantitative estimate of drug-likeness (QED) is 0.441. The molecule has 0 bridgehead atoms. The molecule has 0 aliphatic rings. The normalized spacial score (nSPS) is 13.6. The first kappa shape index (κ1) is 14.9. The van der Waals surface area contributed by atoms with Crippen LogP contribution in [0, 0.1) is 0 Å². The number of benzene rings is 1. The minimum Gasteiger partial charge on any atom is -0.508 e. The lowest BCUT2D eigenvalue weighted by molar-refractivity contribution is -0.143. The van der Waals surface area contributed by atoms with Gasteiger partial charge in [-0.25, -0.2) is 4.79 Å². The molecule has 0 spiro atoms. The number of amides is 1. The van der Waals surface area contributed by atoms with Crippen LogP contribution in [0.5, 0.6) is 5.75 Å². The number of aliphatic carboxylic acids is 1. The molecule has 2 atom stereocenters. The van der Waals surface area contributed by atoms with Gasteiger partial charge in [-0.05, 0) is 24.1 Å². The topological polar surface area (TPSA) is 133 Å². The summed E-state index contributed by atoms with van der Waals surface area (Å²) in [5.74, 6) is -1.88. The van der Waals surface area contributed by atoms with Crippen molar-refractivity contribution >= 4 is 11.9 Å². The number of phenols is 1. The number of carboxylic acids is 1. The summed E-state index contributed by atoms with van der Waals surface area (Å²) < 4.78 is 0. The molecule has 7 nitrogen and oxygen atoms in total. The van der Waals surface area contributed by atoms with E-state index in [9.17, 15) is 9.59 Å². The second kappa shape index (κ2) is 6.72. The molecule has 6 N–H and O–H groups in total. The fourth-order valence-corrected chi connectivity index (χ4v) is 1.44. The number of rotatable bonds is 6. The summed E-state index contributed by atoms with van der Waals surface area (Å²) in [5.41, 5.74) is 6.37. The van der Waals surface area contributed by atoms with Gasteiger partial charge >= 0.3 is 5.97 Å². The first-order valence-corrected chi connectivity index (χ1v) is 5.61. The van der Waals surface area contributed by atoms with Crippen LogP contribution in [0.15, 0.2) is 24.3 Å². The van der Waals surface area contributed by atoms with Gasteiger partial charge in [0, 0.05) is 0 Å². The van der Waals surface area contributed by atoms with Crippen molar-refractivity contribution in [1.29, 1.82) is 0 Å². The van der Waals surface area contributed by atoms with Crippen molar-refractivity contribution in [2.45, 2.75) is 18.5 Å². The lowest BCUT2D eigenvalue weighted by atomic mass is 10.1. The number of carbonyl (C=O) groups is 2. The van der Waals surface area contributed by atoms with E-state index in [1.165, 1.54) is 12.1 Å². The number of hydrogen-bond donors (Lipinski definition) is 5. The highest BCUT2D eigenvalue weighted by molar-refractivity contribution is 5.87. The molecule has 1 rings (SSSR count). The van der Waals surface area contributed by atoms with Gasteiger partial charge in [-0.2, -0.15) is 0 Å². The monoisotopic (exact) mass is 268 g/mol. The largest absolute Gasteiger partial charge is 0.508 e. The lowest BCUT2D eigenvalue weighted by Crippen LogP contribution is -2.50. The summed E-state index contributed by atoms with van der Waals surface area (Å²) in [6, 6.07) is 3.87. The first-order valence-electron chi connectivity index (χ1n) is 5.61. The van der Waals surface area contributed by atoms with Crippen LogP contribution in [0.1, 0.15) is 5.56 Å². The van der Waals surface area contributed by atoms with Crippen LogP contribution < -0.4 is 11.1 Å². The molecule has 1 aromatic carbocycles. The Morgan fingerprint density at radius 3 is 2.32 bits per heavy atom. The highest BCUT2D eigenvalue weighted by Gasteiger charge is 2.22. The van der Waals surface area contributed by atoms with Gasteiger partial charge in [0.25, 0.3) is 0 Å². The van der Waals surface area contributed by atoms with E-state index in [4.69, 9.17) is 21.1 Å². The first-order chi connectivity index (χ1) is 8.93. The second-order valence-corrected chi connectivity index (χ2v) is 4.06. The van der Waals surface area contributed by atoms with Crippen molar-refractivity contribution < 1.29 is 24.9 Å². The Morgan fingerprint density at radius 1 is 1.26 bits per heavy atom. The fraction of sp³-hybridized carbons (Fsp3) is 0.333. The molecule has 0 aromatic heterocycles. The number of aliphatic hydroxyl groups is 1. The van der Waals surface area contributed by atoms with E-state index in [0.717, 1.165) is 5.56 Å². The number of carbonyl (C=O) groups excluding carboxylic acids is 1. The van der Waals surface area contributed by atoms with Crippen molar-refractivity contribution in [2.75, 3.05) is 6.61 Å². The smallest absolute Gasteiger partial charge is 0.328 e. The standard InChI is InChI=1S/C12H16N2O5/c13-9(5-7-1-3-8(16)4-2-7)11(17)14-10(6-15)12(18)19/h1-4,9-10,15-16H,5-6,13H2,(H,14,17)(H,18,19)/t9-,10?/m0/s1. The van der Waals surface area contributed by atoms with Crippen LogP contribution in [0.3, 0.4) is 0 Å². The number of aromatic hydroxyl groups is 1. The van der Waals surface area contributed by atoms with Gasteiger partial charge in [-0.15, -0.1) is 0 Å². The summed E-state index contributed by atoms with van der Waals surface area (Å²) >= 11 is 0. The van der Waals surface area contributed by atoms with Crippen LogP contribution in [0.4, 0.5) is 0 Å². The van der Waals surface area contributed by atoms with Gasteiger partial charge in [0.15, 0.2) is 0 Å². The number of aliphatic hydroxyl groups excluding tert-OH is 1. The van der Waals surface area contributed by atoms with Crippen LogP contribution in [0.2, 0.25) is 0 Å². The molecule has 0 fully saturated rings. The Labute approximate surface area is 109 Å². The minimum atomic E-state index is -1.36. The Hall–Kier alpha value is -2.12. The van der Waals surface area contributed by atoms with E-state index in [1.54, 1.807) is 12.1 Å². The predicted octanol–water partition coefficient (Wildman–Crippen LogP) is -1.18. The SMILES string of the molecule is N[C@@H](Cc1ccc(O)cc1)C(=O)NC(CO)C(=O)O. The number of nitrogens with one attached hydrogen (secondary N) is 1. The molecule has 1 amide bonds. The third-order valence-electron chi connectivity index (χ3n) is 2.53. The summed E-state index contributed by atoms with van der Waals surface area (Å²) in [6.07, 6.45) is 0.198. The van der Waals surface area contributed by atoms with Crippen molar-refractivity contribution in [2.24, 2.45) is 5.73 Å². The molecule has 7 heteroatoms. The molecule has 0 aliphatic heterocycles. The van der Waals surface area contributed by atoms with Crippen molar-refractivity contribution in [3.8, 4) is 5.75 Å². The Kier molecular flexibility index (Phi) is 5.28. The summed E-state index contributed by atoms with van der Waals surface area (Å²) in [6.45, 7) is -0.701. The van der Waals surface area contributed by atoms with Gasteiger partial charge in [-0.1, -0.05) is 12.1 Å². The zero-order chi connectivity index (χ0) is 14.4. The van der Waals surface area contributed by atoms with E-state index in [2.05, 4.69) is 5.32 Å². The molecule has 0 saturated carbocycles. The van der Waals surface area contributed by atoms with Gasteiger partial charge < -0.3 is 26.4 Å². The third-order valence-corrected chi connectivity index (χ3v) is 2.53. The van der Waals surface area contributed by atoms with E-state index in [-0.39, 0.29) is 12.2 Å². The van der Waals surface area contributed by atoms with Crippen molar-refractivity contribution in [3.05, 3.63) is 29.8 Å². The number of hydrogen-bond acceptors (Lipinski definition) is 5. The molecule has 0 radical (unpaired) electrons. The lowest BCUT2D eigenvalue weighted by Gasteiger charge is -2.16. The molecule has 0 heterocycles. The number of carboxylic acid groups (broad SMARTS) is 1. The molecular weight excluding hydrogens is 252 g/mol. The minimum absolute atomic E-state index is 0.105. The van der Waals surface area contributed by atoms with Crippen molar-refractivity contribution in [1.82, 2.24) is 5.32 Å². The number of phenolic OH excluding ortho intramolecular Hbond substituents is 1. The second-order valence-electron chi connectivity index (χ2n) is 4.06. The van der Waals surface area contributed by atoms with E-state index in [1.807, 2.05) is 0 Å². The zero-order valence-electron chi connectivity index (χ0n) is 10.1. The van der Waals surface area contributed by atoms with Crippen LogP contribution in [-0.2, 0) is 16.0 Å². The molecule has 19 heavy (non-hydrogen) atoms. The van der Waals surface area contributed by atoms with Gasteiger partial charge in [0.1, 0.15) is 11.8 Å². The maximum absolute atomic E-state index is 11.6. The summed E-state index contributed by atoms with van der Waals surface area (Å²) in [4.78, 5) is 22.3.